The fourth-order valence-corrected chi connectivity index (χ4v) is 2.34. The highest BCUT2D eigenvalue weighted by molar-refractivity contribution is 9.10. The average molecular weight is 400 g/mol. The summed E-state index contributed by atoms with van der Waals surface area (Å²) in [5, 5.41) is 2.60. The van der Waals surface area contributed by atoms with Gasteiger partial charge in [-0.1, -0.05) is 15.9 Å². The van der Waals surface area contributed by atoms with E-state index in [1.807, 2.05) is 0 Å². The van der Waals surface area contributed by atoms with Gasteiger partial charge >= 0.3 is 12.1 Å². The van der Waals surface area contributed by atoms with Gasteiger partial charge in [-0.3, -0.25) is 4.79 Å². The summed E-state index contributed by atoms with van der Waals surface area (Å²) in [6.07, 6.45) is 0.190. The number of benzene rings is 1. The summed E-state index contributed by atoms with van der Waals surface area (Å²) in [5.74, 6) is -0.623. The zero-order valence-electron chi connectivity index (χ0n) is 14.3. The molecule has 0 saturated heterocycles. The van der Waals surface area contributed by atoms with Crippen LogP contribution in [0.15, 0.2) is 22.7 Å². The minimum atomic E-state index is -0.556. The number of alkyl carbamates (subject to hydrolysis) is 1. The number of hydrogen-bond acceptors (Lipinski definition) is 5. The summed E-state index contributed by atoms with van der Waals surface area (Å²) in [6, 6.07) is 4.72. The van der Waals surface area contributed by atoms with Crippen molar-refractivity contribution in [3.8, 4) is 0 Å². The van der Waals surface area contributed by atoms with E-state index in [1.54, 1.807) is 32.9 Å². The van der Waals surface area contributed by atoms with Crippen LogP contribution in [0.1, 0.15) is 54.3 Å². The summed E-state index contributed by atoms with van der Waals surface area (Å²) in [5.41, 5.74) is 0.171. The van der Waals surface area contributed by atoms with Crippen molar-refractivity contribution in [1.29, 1.82) is 0 Å². The van der Waals surface area contributed by atoms with Crippen molar-refractivity contribution in [3.63, 3.8) is 0 Å². The van der Waals surface area contributed by atoms with E-state index in [0.29, 0.717) is 28.6 Å². The Kier molecular flexibility index (Phi) is 7.41. The summed E-state index contributed by atoms with van der Waals surface area (Å²) in [6.45, 7) is 5.67. The highest BCUT2D eigenvalue weighted by Gasteiger charge is 2.17. The molecule has 0 atom stereocenters. The van der Waals surface area contributed by atoms with Crippen LogP contribution < -0.4 is 5.32 Å². The molecule has 0 fully saturated rings. The molecule has 24 heavy (non-hydrogen) atoms. The number of ether oxygens (including phenoxy) is 2. The van der Waals surface area contributed by atoms with Gasteiger partial charge in [0.05, 0.1) is 12.7 Å². The fourth-order valence-electron chi connectivity index (χ4n) is 1.87. The summed E-state index contributed by atoms with van der Waals surface area (Å²) in [4.78, 5) is 35.3. The van der Waals surface area contributed by atoms with Gasteiger partial charge in [-0.05, 0) is 45.4 Å². The first kappa shape index (κ1) is 20.2. The van der Waals surface area contributed by atoms with E-state index >= 15 is 0 Å². The van der Waals surface area contributed by atoms with E-state index in [2.05, 4.69) is 26.0 Å². The molecule has 0 aliphatic carbocycles. The Morgan fingerprint density at radius 3 is 2.46 bits per heavy atom. The van der Waals surface area contributed by atoms with Gasteiger partial charge in [0.15, 0.2) is 5.78 Å². The van der Waals surface area contributed by atoms with Gasteiger partial charge in [-0.2, -0.15) is 0 Å². The molecule has 0 aliphatic rings. The number of carbonyl (C=O) groups is 3. The van der Waals surface area contributed by atoms with Crippen LogP contribution in [-0.2, 0) is 9.47 Å². The van der Waals surface area contributed by atoms with Gasteiger partial charge in [-0.15, -0.1) is 0 Å². The van der Waals surface area contributed by atoms with Crippen LogP contribution in [0.3, 0.4) is 0 Å². The molecule has 0 spiro atoms. The van der Waals surface area contributed by atoms with Gasteiger partial charge in [0.1, 0.15) is 5.60 Å². The van der Waals surface area contributed by atoms with Gasteiger partial charge < -0.3 is 14.8 Å². The summed E-state index contributed by atoms with van der Waals surface area (Å²) in [7, 11) is 1.29. The van der Waals surface area contributed by atoms with Gasteiger partial charge in [-0.25, -0.2) is 9.59 Å². The van der Waals surface area contributed by atoms with Crippen LogP contribution in [0.5, 0.6) is 0 Å². The number of hydrogen-bond donors (Lipinski definition) is 1. The Bertz CT molecular complexity index is 622. The van der Waals surface area contributed by atoms with Crippen molar-refractivity contribution in [3.05, 3.63) is 33.8 Å². The number of rotatable bonds is 6. The Morgan fingerprint density at radius 2 is 1.88 bits per heavy atom. The number of halogens is 1. The lowest BCUT2D eigenvalue weighted by Crippen LogP contribution is -2.33. The molecule has 0 radical (unpaired) electrons. The molecular formula is C17H22BrNO5. The van der Waals surface area contributed by atoms with E-state index in [0.717, 1.165) is 0 Å². The molecule has 0 bridgehead atoms. The highest BCUT2D eigenvalue weighted by Crippen LogP contribution is 2.21. The predicted molar refractivity (Wildman–Crippen MR) is 93.3 cm³/mol. The normalized spacial score (nSPS) is 10.9. The van der Waals surface area contributed by atoms with Crippen LogP contribution in [0, 0.1) is 0 Å². The minimum Gasteiger partial charge on any atom is -0.465 e. The predicted octanol–water partition coefficient (Wildman–Crippen LogP) is 3.72. The zero-order chi connectivity index (χ0) is 18.3. The second-order valence-electron chi connectivity index (χ2n) is 6.14. The smallest absolute Gasteiger partial charge is 0.407 e. The quantitative estimate of drug-likeness (QED) is 0.447. The molecule has 0 heterocycles. The molecule has 1 rings (SSSR count). The first-order chi connectivity index (χ1) is 11.1. The lowest BCUT2D eigenvalue weighted by molar-refractivity contribution is 0.0524. The Hall–Kier alpha value is -1.89. The van der Waals surface area contributed by atoms with E-state index < -0.39 is 17.7 Å². The number of nitrogens with one attached hydrogen (secondary N) is 1. The third-order valence-corrected chi connectivity index (χ3v) is 3.63. The second kappa shape index (κ2) is 8.82. The van der Waals surface area contributed by atoms with Crippen LogP contribution in [-0.4, -0.2) is 37.1 Å². The molecular weight excluding hydrogens is 378 g/mol. The van der Waals surface area contributed by atoms with Crippen molar-refractivity contribution < 1.29 is 23.9 Å². The minimum absolute atomic E-state index is 0.126. The number of Topliss-reactive ketones (excluding diaryl/α,β-unsaturated/α-hetero) is 1. The maximum absolute atomic E-state index is 12.3. The van der Waals surface area contributed by atoms with Crippen LogP contribution in [0.4, 0.5) is 4.79 Å². The molecule has 7 heteroatoms. The maximum Gasteiger partial charge on any atom is 0.407 e. The van der Waals surface area contributed by atoms with E-state index in [9.17, 15) is 14.4 Å². The van der Waals surface area contributed by atoms with Crippen molar-refractivity contribution in [1.82, 2.24) is 5.32 Å². The standard InChI is InChI=1S/C17H22BrNO5/c1-17(2,3)24-16(22)19-9-5-6-14(20)12-10-11(15(21)23-4)7-8-13(12)18/h7-8,10H,5-6,9H2,1-4H3,(H,19,22). The topological polar surface area (TPSA) is 81.7 Å². The molecule has 6 nitrogen and oxygen atoms in total. The number of carbonyl (C=O) groups excluding carboxylic acids is 3. The van der Waals surface area contributed by atoms with Crippen LogP contribution in [0.2, 0.25) is 0 Å². The second-order valence-corrected chi connectivity index (χ2v) is 7.00. The molecule has 0 saturated carbocycles. The summed E-state index contributed by atoms with van der Waals surface area (Å²) < 4.78 is 10.4. The molecule has 1 amide bonds. The number of esters is 1. The molecule has 1 aromatic carbocycles. The van der Waals surface area contributed by atoms with E-state index in [1.165, 1.54) is 13.2 Å². The number of ketones is 1. The van der Waals surface area contributed by atoms with E-state index in [-0.39, 0.29) is 12.2 Å². The van der Waals surface area contributed by atoms with Gasteiger partial charge in [0.2, 0.25) is 0 Å². The van der Waals surface area contributed by atoms with Crippen molar-refractivity contribution >= 4 is 33.8 Å². The van der Waals surface area contributed by atoms with Crippen molar-refractivity contribution in [2.24, 2.45) is 0 Å². The first-order valence-corrected chi connectivity index (χ1v) is 8.31. The van der Waals surface area contributed by atoms with Crippen LogP contribution >= 0.6 is 15.9 Å². The van der Waals surface area contributed by atoms with E-state index in [4.69, 9.17) is 4.74 Å². The molecule has 1 N–H and O–H groups in total. The lowest BCUT2D eigenvalue weighted by Gasteiger charge is -2.19. The monoisotopic (exact) mass is 399 g/mol. The maximum atomic E-state index is 12.3. The summed E-state index contributed by atoms with van der Waals surface area (Å²) >= 11 is 3.30. The van der Waals surface area contributed by atoms with Crippen LogP contribution in [0.25, 0.3) is 0 Å². The molecule has 132 valence electrons. The Balaban J connectivity index is 2.54. The third kappa shape index (κ3) is 6.70. The largest absolute Gasteiger partial charge is 0.465 e. The molecule has 0 unspecified atom stereocenters. The zero-order valence-corrected chi connectivity index (χ0v) is 15.9. The van der Waals surface area contributed by atoms with Gasteiger partial charge in [0.25, 0.3) is 0 Å². The lowest BCUT2D eigenvalue weighted by atomic mass is 10.0. The SMILES string of the molecule is COC(=O)c1ccc(Br)c(C(=O)CCCNC(=O)OC(C)(C)C)c1. The number of methoxy groups -OCH3 is 1. The first-order valence-electron chi connectivity index (χ1n) is 7.52. The molecule has 0 aromatic heterocycles. The Labute approximate surface area is 150 Å². The third-order valence-electron chi connectivity index (χ3n) is 2.94. The molecule has 1 aromatic rings. The highest BCUT2D eigenvalue weighted by atomic mass is 79.9. The van der Waals surface area contributed by atoms with Gasteiger partial charge in [0, 0.05) is 23.0 Å². The molecule has 0 aliphatic heterocycles. The Morgan fingerprint density at radius 1 is 1.21 bits per heavy atom. The van der Waals surface area contributed by atoms with Crippen molar-refractivity contribution in [2.75, 3.05) is 13.7 Å². The average Bonchev–Trinajstić information content (AvgIpc) is 2.49. The fraction of sp³-hybridized carbons (Fsp3) is 0.471. The number of amides is 1. The van der Waals surface area contributed by atoms with Crippen molar-refractivity contribution in [2.45, 2.75) is 39.2 Å².